The summed E-state index contributed by atoms with van der Waals surface area (Å²) in [6.45, 7) is 13.8. The molecule has 0 saturated carbocycles. The van der Waals surface area contributed by atoms with Crippen molar-refractivity contribution >= 4 is 5.97 Å². The smallest absolute Gasteiger partial charge is 0.333 e. The van der Waals surface area contributed by atoms with Gasteiger partial charge in [0.2, 0.25) is 0 Å². The van der Waals surface area contributed by atoms with Gasteiger partial charge in [-0.2, -0.15) is 0 Å². The molecule has 0 heterocycles. The molecule has 0 aromatic rings. The van der Waals surface area contributed by atoms with Crippen LogP contribution in [-0.4, -0.2) is 24.7 Å². The maximum absolute atomic E-state index is 11.0. The molecule has 0 amide bonds. The average Bonchev–Trinajstić information content (AvgIpc) is 2.12. The van der Waals surface area contributed by atoms with Gasteiger partial charge in [0.05, 0.1) is 0 Å². The molecule has 0 aromatic carbocycles. The molecule has 0 aliphatic rings. The first-order valence-corrected chi connectivity index (χ1v) is 4.60. The Morgan fingerprint density at radius 1 is 1.57 bits per heavy atom. The fraction of sp³-hybridized carbons (Fsp3) is 0.545. The van der Waals surface area contributed by atoms with Crippen LogP contribution >= 0.6 is 0 Å². The normalized spacial score (nSPS) is 10.8. The van der Waals surface area contributed by atoms with Gasteiger partial charge in [-0.3, -0.25) is 0 Å². The number of rotatable bonds is 6. The minimum absolute atomic E-state index is 0.129. The summed E-state index contributed by atoms with van der Waals surface area (Å²) in [7, 11) is 0. The van der Waals surface area contributed by atoms with Gasteiger partial charge in [-0.25, -0.2) is 4.79 Å². The van der Waals surface area contributed by atoms with Crippen LogP contribution in [0.4, 0.5) is 0 Å². The van der Waals surface area contributed by atoms with Gasteiger partial charge >= 0.3 is 5.97 Å². The van der Waals surface area contributed by atoms with E-state index in [-0.39, 0.29) is 11.5 Å². The van der Waals surface area contributed by atoms with E-state index in [1.807, 2.05) is 19.9 Å². The first-order chi connectivity index (χ1) is 6.39. The zero-order valence-corrected chi connectivity index (χ0v) is 9.22. The first-order valence-electron chi connectivity index (χ1n) is 4.60. The lowest BCUT2D eigenvalue weighted by molar-refractivity contribution is -0.138. The number of hydrogen-bond acceptors (Lipinski definition) is 3. The van der Waals surface area contributed by atoms with Crippen molar-refractivity contribution in [2.24, 2.45) is 0 Å². The molecule has 0 rings (SSSR count). The largest absolute Gasteiger partial charge is 0.461 e. The van der Waals surface area contributed by atoms with Crippen molar-refractivity contribution in [3.63, 3.8) is 0 Å². The van der Waals surface area contributed by atoms with Gasteiger partial charge in [0.25, 0.3) is 0 Å². The summed E-state index contributed by atoms with van der Waals surface area (Å²) in [5, 5.41) is 3.18. The Morgan fingerprint density at radius 2 is 2.14 bits per heavy atom. The molecule has 0 saturated heterocycles. The molecule has 0 aliphatic carbocycles. The molecule has 14 heavy (non-hydrogen) atoms. The Bertz CT molecular complexity index is 231. The van der Waals surface area contributed by atoms with Gasteiger partial charge in [0.15, 0.2) is 0 Å². The Balaban J connectivity index is 3.62. The second-order valence-electron chi connectivity index (χ2n) is 3.77. The zero-order valence-electron chi connectivity index (χ0n) is 9.22. The highest BCUT2D eigenvalue weighted by atomic mass is 16.5. The van der Waals surface area contributed by atoms with E-state index in [2.05, 4.69) is 18.5 Å². The highest BCUT2D eigenvalue weighted by molar-refractivity contribution is 5.86. The summed E-state index contributed by atoms with van der Waals surface area (Å²) >= 11 is 0. The molecule has 3 heteroatoms. The zero-order chi connectivity index (χ0) is 11.2. The number of carbonyl (C=O) groups excluding carboxylic acids is 1. The van der Waals surface area contributed by atoms with Gasteiger partial charge in [-0.1, -0.05) is 12.7 Å². The molecule has 0 spiro atoms. The topological polar surface area (TPSA) is 38.3 Å². The van der Waals surface area contributed by atoms with Crippen LogP contribution in [-0.2, 0) is 9.53 Å². The minimum atomic E-state index is -0.344. The van der Waals surface area contributed by atoms with Crippen LogP contribution in [0.2, 0.25) is 0 Å². The van der Waals surface area contributed by atoms with Gasteiger partial charge < -0.3 is 10.1 Å². The summed E-state index contributed by atoms with van der Waals surface area (Å²) in [5.41, 5.74) is 0.295. The highest BCUT2D eigenvalue weighted by Gasteiger charge is 2.11. The van der Waals surface area contributed by atoms with E-state index in [0.29, 0.717) is 18.7 Å². The number of nitrogens with one attached hydrogen (secondary N) is 1. The predicted molar refractivity (Wildman–Crippen MR) is 58.1 cm³/mol. The second kappa shape index (κ2) is 5.60. The molecule has 0 bridgehead atoms. The average molecular weight is 197 g/mol. The maximum Gasteiger partial charge on any atom is 0.333 e. The predicted octanol–water partition coefficient (Wildman–Crippen LogP) is 1.66. The van der Waals surface area contributed by atoms with E-state index in [1.165, 1.54) is 0 Å². The Kier molecular flexibility index (Phi) is 5.16. The van der Waals surface area contributed by atoms with Crippen LogP contribution in [0.25, 0.3) is 0 Å². The number of esters is 1. The molecule has 0 unspecified atom stereocenters. The van der Waals surface area contributed by atoms with Crippen molar-refractivity contribution < 1.29 is 9.53 Å². The molecule has 3 nitrogen and oxygen atoms in total. The van der Waals surface area contributed by atoms with E-state index < -0.39 is 0 Å². The van der Waals surface area contributed by atoms with Crippen molar-refractivity contribution in [2.45, 2.75) is 26.3 Å². The quantitative estimate of drug-likeness (QED) is 0.304. The van der Waals surface area contributed by atoms with E-state index in [1.54, 1.807) is 6.92 Å². The second-order valence-corrected chi connectivity index (χ2v) is 3.77. The number of hydrogen-bond donors (Lipinski definition) is 1. The van der Waals surface area contributed by atoms with Crippen LogP contribution in [0, 0.1) is 0 Å². The Morgan fingerprint density at radius 3 is 2.57 bits per heavy atom. The van der Waals surface area contributed by atoms with Crippen LogP contribution in [0.15, 0.2) is 24.8 Å². The van der Waals surface area contributed by atoms with Gasteiger partial charge in [0, 0.05) is 17.7 Å². The Hall–Kier alpha value is -1.09. The van der Waals surface area contributed by atoms with Crippen LogP contribution in [0.5, 0.6) is 0 Å². The molecule has 0 radical (unpaired) electrons. The lowest BCUT2D eigenvalue weighted by Crippen LogP contribution is -2.39. The van der Waals surface area contributed by atoms with Crippen molar-refractivity contribution in [1.82, 2.24) is 5.32 Å². The third-order valence-corrected chi connectivity index (χ3v) is 1.77. The molecule has 0 aliphatic heterocycles. The van der Waals surface area contributed by atoms with Crippen molar-refractivity contribution in [2.75, 3.05) is 13.2 Å². The van der Waals surface area contributed by atoms with Crippen LogP contribution in [0.3, 0.4) is 0 Å². The van der Waals surface area contributed by atoms with Crippen molar-refractivity contribution in [1.29, 1.82) is 0 Å². The molecule has 0 fully saturated rings. The first kappa shape index (κ1) is 12.9. The summed E-state index contributed by atoms with van der Waals surface area (Å²) in [5.74, 6) is -0.344. The molecular formula is C11H19NO2. The molecular weight excluding hydrogens is 178 g/mol. The summed E-state index contributed by atoms with van der Waals surface area (Å²) in [6.07, 6.45) is 1.81. The van der Waals surface area contributed by atoms with Crippen LogP contribution in [0.1, 0.15) is 20.8 Å². The number of ether oxygens (including phenoxy) is 1. The highest BCUT2D eigenvalue weighted by Crippen LogP contribution is 2.01. The van der Waals surface area contributed by atoms with Gasteiger partial charge in [-0.05, 0) is 20.8 Å². The third-order valence-electron chi connectivity index (χ3n) is 1.77. The lowest BCUT2D eigenvalue weighted by Gasteiger charge is -2.21. The minimum Gasteiger partial charge on any atom is -0.461 e. The summed E-state index contributed by atoms with van der Waals surface area (Å²) < 4.78 is 4.91. The van der Waals surface area contributed by atoms with E-state index >= 15 is 0 Å². The summed E-state index contributed by atoms with van der Waals surface area (Å²) in [6, 6.07) is 0. The van der Waals surface area contributed by atoms with Gasteiger partial charge in [-0.15, -0.1) is 6.58 Å². The third kappa shape index (κ3) is 5.54. The SMILES string of the molecule is C=CC(C)(C)NCCOC(=O)C(=C)C. The molecule has 0 atom stereocenters. The van der Waals surface area contributed by atoms with Gasteiger partial charge in [0.1, 0.15) is 6.61 Å². The molecule has 0 aromatic heterocycles. The standard InChI is InChI=1S/C11H19NO2/c1-6-11(4,5)12-7-8-14-10(13)9(2)3/h6,12H,1-2,7-8H2,3-5H3. The fourth-order valence-corrected chi connectivity index (χ4v) is 0.712. The fourth-order valence-electron chi connectivity index (χ4n) is 0.712. The number of carbonyl (C=O) groups is 1. The molecule has 80 valence electrons. The van der Waals surface area contributed by atoms with E-state index in [4.69, 9.17) is 4.74 Å². The molecule has 1 N–H and O–H groups in total. The van der Waals surface area contributed by atoms with E-state index in [9.17, 15) is 4.79 Å². The van der Waals surface area contributed by atoms with Crippen LogP contribution < -0.4 is 5.32 Å². The Labute approximate surface area is 85.8 Å². The summed E-state index contributed by atoms with van der Waals surface area (Å²) in [4.78, 5) is 11.0. The van der Waals surface area contributed by atoms with Crippen molar-refractivity contribution in [3.05, 3.63) is 24.8 Å². The monoisotopic (exact) mass is 197 g/mol. The maximum atomic E-state index is 11.0. The lowest BCUT2D eigenvalue weighted by atomic mass is 10.1. The van der Waals surface area contributed by atoms with E-state index in [0.717, 1.165) is 0 Å². The van der Waals surface area contributed by atoms with Crippen molar-refractivity contribution in [3.8, 4) is 0 Å².